The van der Waals surface area contributed by atoms with Crippen LogP contribution in [0.2, 0.25) is 0 Å². The Balaban J connectivity index is 1.52. The number of likely N-dealkylation sites (N-methyl/N-ethyl adjacent to an activating group) is 1. The molecule has 1 aromatic carbocycles. The Morgan fingerprint density at radius 2 is 1.90 bits per heavy atom. The normalized spacial score (nSPS) is 18.3. The number of rotatable bonds is 6. The number of piperazine rings is 1. The van der Waals surface area contributed by atoms with Gasteiger partial charge in [-0.05, 0) is 38.2 Å². The van der Waals surface area contributed by atoms with Gasteiger partial charge in [-0.25, -0.2) is 18.2 Å². The monoisotopic (exact) mass is 556 g/mol. The molecule has 212 valence electrons. The van der Waals surface area contributed by atoms with Crippen molar-refractivity contribution in [1.82, 2.24) is 14.9 Å². The van der Waals surface area contributed by atoms with Crippen LogP contribution >= 0.6 is 0 Å². The van der Waals surface area contributed by atoms with Crippen LogP contribution in [0, 0.1) is 5.82 Å². The highest BCUT2D eigenvalue weighted by Crippen LogP contribution is 2.36. The number of benzene rings is 1. The number of hydrogen-bond donors (Lipinski definition) is 2. The molecule has 40 heavy (non-hydrogen) atoms. The Kier molecular flexibility index (Phi) is 8.08. The predicted molar refractivity (Wildman–Crippen MR) is 147 cm³/mol. The Morgan fingerprint density at radius 1 is 1.12 bits per heavy atom. The van der Waals surface area contributed by atoms with Gasteiger partial charge in [0.2, 0.25) is 5.56 Å². The molecule has 2 saturated heterocycles. The van der Waals surface area contributed by atoms with Gasteiger partial charge in [0.1, 0.15) is 11.6 Å². The highest BCUT2D eigenvalue weighted by molar-refractivity contribution is 6.07. The summed E-state index contributed by atoms with van der Waals surface area (Å²) >= 11 is 0. The van der Waals surface area contributed by atoms with E-state index < -0.39 is 29.3 Å². The molecule has 5 rings (SSSR count). The summed E-state index contributed by atoms with van der Waals surface area (Å²) in [7, 11) is 2.00. The van der Waals surface area contributed by atoms with E-state index in [1.807, 2.05) is 24.9 Å². The van der Waals surface area contributed by atoms with Gasteiger partial charge in [0, 0.05) is 73.9 Å². The summed E-state index contributed by atoms with van der Waals surface area (Å²) < 4.78 is 48.3. The lowest BCUT2D eigenvalue weighted by Gasteiger charge is -2.39. The highest BCUT2D eigenvalue weighted by atomic mass is 19.3. The lowest BCUT2D eigenvalue weighted by atomic mass is 10.0. The SMILES string of the molecule is C[C@H]1CN(c2cc(F)c(-c3ccc(N4CCOCC4)nc3)cc2NC(=O)c2c[nH]c(=O)cc2C(F)F)CCN1C. The summed E-state index contributed by atoms with van der Waals surface area (Å²) in [6, 6.07) is 7.31. The second-order valence-corrected chi connectivity index (χ2v) is 10.1. The summed E-state index contributed by atoms with van der Waals surface area (Å²) in [6.45, 7) is 6.56. The van der Waals surface area contributed by atoms with Crippen molar-refractivity contribution < 1.29 is 22.7 Å². The Morgan fingerprint density at radius 3 is 2.58 bits per heavy atom. The van der Waals surface area contributed by atoms with Crippen molar-refractivity contribution >= 4 is 23.1 Å². The molecular weight excluding hydrogens is 525 g/mol. The molecule has 0 aliphatic carbocycles. The van der Waals surface area contributed by atoms with Crippen molar-refractivity contribution in [2.24, 2.45) is 0 Å². The second-order valence-electron chi connectivity index (χ2n) is 10.1. The Hall–Kier alpha value is -3.90. The largest absolute Gasteiger partial charge is 0.378 e. The zero-order valence-electron chi connectivity index (χ0n) is 22.3. The summed E-state index contributed by atoms with van der Waals surface area (Å²) in [5.41, 5.74) is -0.372. The lowest BCUT2D eigenvalue weighted by Crippen LogP contribution is -2.50. The van der Waals surface area contributed by atoms with E-state index in [1.54, 1.807) is 12.3 Å². The van der Waals surface area contributed by atoms with Gasteiger partial charge < -0.3 is 29.7 Å². The molecule has 1 atom stereocenters. The smallest absolute Gasteiger partial charge is 0.264 e. The minimum absolute atomic E-state index is 0.168. The van der Waals surface area contributed by atoms with Gasteiger partial charge in [-0.2, -0.15) is 0 Å². The van der Waals surface area contributed by atoms with E-state index in [-0.39, 0.29) is 22.9 Å². The van der Waals surface area contributed by atoms with Crippen LogP contribution in [-0.4, -0.2) is 79.8 Å². The first kappa shape index (κ1) is 27.7. The lowest BCUT2D eigenvalue weighted by molar-refractivity contribution is 0.101. The van der Waals surface area contributed by atoms with Crippen molar-refractivity contribution in [2.75, 3.05) is 68.1 Å². The fourth-order valence-corrected chi connectivity index (χ4v) is 4.99. The third-order valence-corrected chi connectivity index (χ3v) is 7.46. The zero-order valence-corrected chi connectivity index (χ0v) is 22.3. The maximum Gasteiger partial charge on any atom is 0.264 e. The van der Waals surface area contributed by atoms with Crippen LogP contribution in [-0.2, 0) is 4.74 Å². The number of amides is 1. The zero-order chi connectivity index (χ0) is 28.4. The number of nitrogens with one attached hydrogen (secondary N) is 2. The fourth-order valence-electron chi connectivity index (χ4n) is 4.99. The van der Waals surface area contributed by atoms with Gasteiger partial charge in [-0.1, -0.05) is 0 Å². The molecule has 0 radical (unpaired) electrons. The molecule has 1 amide bonds. The first-order valence-corrected chi connectivity index (χ1v) is 13.1. The van der Waals surface area contributed by atoms with Crippen molar-refractivity contribution in [1.29, 1.82) is 0 Å². The van der Waals surface area contributed by atoms with E-state index in [0.717, 1.165) is 18.6 Å². The molecule has 12 heteroatoms. The van der Waals surface area contributed by atoms with E-state index >= 15 is 4.39 Å². The number of H-pyrrole nitrogens is 1. The topological polar surface area (TPSA) is 93.8 Å². The third kappa shape index (κ3) is 5.82. The molecule has 2 N–H and O–H groups in total. The molecule has 2 aliphatic heterocycles. The number of morpholine rings is 1. The number of carbonyl (C=O) groups is 1. The van der Waals surface area contributed by atoms with Crippen LogP contribution in [0.5, 0.6) is 0 Å². The maximum absolute atomic E-state index is 15.6. The van der Waals surface area contributed by atoms with Crippen LogP contribution in [0.25, 0.3) is 11.1 Å². The Labute approximate surface area is 229 Å². The minimum atomic E-state index is -3.03. The first-order valence-electron chi connectivity index (χ1n) is 13.1. The van der Waals surface area contributed by atoms with E-state index in [2.05, 4.69) is 25.1 Å². The summed E-state index contributed by atoms with van der Waals surface area (Å²) in [5, 5.41) is 2.71. The summed E-state index contributed by atoms with van der Waals surface area (Å²) in [6.07, 6.45) is -0.487. The molecule has 3 aromatic rings. The average molecular weight is 557 g/mol. The van der Waals surface area contributed by atoms with Crippen molar-refractivity contribution in [3.05, 3.63) is 70.0 Å². The summed E-state index contributed by atoms with van der Waals surface area (Å²) in [5.74, 6) is -0.590. The van der Waals surface area contributed by atoms with Gasteiger partial charge in [0.05, 0.1) is 30.2 Å². The third-order valence-electron chi connectivity index (χ3n) is 7.46. The van der Waals surface area contributed by atoms with Crippen molar-refractivity contribution in [3.8, 4) is 11.1 Å². The van der Waals surface area contributed by atoms with E-state index in [0.29, 0.717) is 56.7 Å². The first-order chi connectivity index (χ1) is 19.2. The molecule has 0 saturated carbocycles. The van der Waals surface area contributed by atoms with Crippen LogP contribution < -0.4 is 20.7 Å². The molecule has 2 aliphatic rings. The predicted octanol–water partition coefficient (Wildman–Crippen LogP) is 3.74. The fraction of sp³-hybridized carbons (Fsp3) is 0.393. The number of nitrogens with zero attached hydrogens (tertiary/aromatic N) is 4. The minimum Gasteiger partial charge on any atom is -0.378 e. The van der Waals surface area contributed by atoms with Crippen LogP contribution in [0.15, 0.2) is 47.5 Å². The standard InChI is InChI=1S/C28H31F3N6O3/c1-17-16-37(6-5-35(17)2)24-13-22(29)19(18-3-4-25(32-14-18)36-7-9-40-10-8-36)11-23(24)34-28(39)21-15-33-26(38)12-20(21)27(30)31/h3-4,11-15,17,27H,5-10,16H2,1-2H3,(H,33,38)(H,34,39)/t17-/m0/s1. The van der Waals surface area contributed by atoms with Crippen LogP contribution in [0.4, 0.5) is 30.4 Å². The Bertz CT molecular complexity index is 1430. The van der Waals surface area contributed by atoms with Crippen molar-refractivity contribution in [3.63, 3.8) is 0 Å². The van der Waals surface area contributed by atoms with E-state index in [4.69, 9.17) is 4.74 Å². The number of alkyl halides is 2. The highest BCUT2D eigenvalue weighted by Gasteiger charge is 2.26. The van der Waals surface area contributed by atoms with E-state index in [9.17, 15) is 18.4 Å². The molecule has 4 heterocycles. The average Bonchev–Trinajstić information content (AvgIpc) is 2.95. The van der Waals surface area contributed by atoms with Gasteiger partial charge in [0.25, 0.3) is 12.3 Å². The van der Waals surface area contributed by atoms with Gasteiger partial charge in [-0.15, -0.1) is 0 Å². The van der Waals surface area contributed by atoms with E-state index in [1.165, 1.54) is 12.1 Å². The number of hydrogen-bond acceptors (Lipinski definition) is 7. The molecular formula is C28H31F3N6O3. The number of aromatic nitrogens is 2. The maximum atomic E-state index is 15.6. The van der Waals surface area contributed by atoms with Crippen molar-refractivity contribution in [2.45, 2.75) is 19.4 Å². The number of halogens is 3. The van der Waals surface area contributed by atoms with Gasteiger partial charge >= 0.3 is 0 Å². The molecule has 0 unspecified atom stereocenters. The number of aromatic amines is 1. The van der Waals surface area contributed by atoms with Crippen LogP contribution in [0.1, 0.15) is 29.3 Å². The summed E-state index contributed by atoms with van der Waals surface area (Å²) in [4.78, 5) is 37.9. The quantitative estimate of drug-likeness (QED) is 0.478. The molecule has 0 spiro atoms. The number of carbonyl (C=O) groups excluding carboxylic acids is 1. The molecule has 0 bridgehead atoms. The van der Waals surface area contributed by atoms with Gasteiger partial charge in [-0.3, -0.25) is 9.59 Å². The second kappa shape index (κ2) is 11.7. The number of pyridine rings is 2. The number of anilines is 3. The van der Waals surface area contributed by atoms with Gasteiger partial charge in [0.15, 0.2) is 0 Å². The van der Waals surface area contributed by atoms with Crippen LogP contribution in [0.3, 0.4) is 0 Å². The molecule has 2 aromatic heterocycles. The molecule has 9 nitrogen and oxygen atoms in total. The molecule has 2 fully saturated rings. The number of ether oxygens (including phenoxy) is 1.